The lowest BCUT2D eigenvalue weighted by Gasteiger charge is -2.43. The Balaban J connectivity index is 0.608. The van der Waals surface area contributed by atoms with Crippen LogP contribution in [0.15, 0.2) is 291 Å². The van der Waals surface area contributed by atoms with Crippen molar-refractivity contribution >= 4 is 158 Å². The Morgan fingerprint density at radius 3 is 1.21 bits per heavy atom. The zero-order chi connectivity index (χ0) is 87.1. The molecule has 12 aromatic carbocycles. The minimum absolute atomic E-state index is 0.00941. The van der Waals surface area contributed by atoms with Crippen molar-refractivity contribution in [1.29, 1.82) is 0 Å². The average molecular weight is 1670 g/mol. The molecule has 0 radical (unpaired) electrons. The summed E-state index contributed by atoms with van der Waals surface area (Å²) in [6.45, 7) is 4.24. The van der Waals surface area contributed by atoms with Crippen molar-refractivity contribution < 1.29 is 58.5 Å². The summed E-state index contributed by atoms with van der Waals surface area (Å²) in [5, 5.41) is 33.5. The van der Waals surface area contributed by atoms with Gasteiger partial charge in [-0.15, -0.1) is 0 Å². The Morgan fingerprint density at radius 1 is 0.302 bits per heavy atom. The van der Waals surface area contributed by atoms with Gasteiger partial charge in [-0.3, -0.25) is 29.4 Å². The van der Waals surface area contributed by atoms with Crippen molar-refractivity contribution in [1.82, 2.24) is 29.4 Å². The Morgan fingerprint density at radius 2 is 0.683 bits per heavy atom. The van der Waals surface area contributed by atoms with Crippen LogP contribution in [0.5, 0.6) is 0 Å². The standard InChI is InChI=1S/C102H86N12O12/c1-66-42-49-76(50-43-66)109(97(121)103-54-57-106(91(63-103)94(115)116)100(124)112-85-36-14-8-24-70(85)44-45-71-25-9-15-37-86(71)112)77-51-46-69(47-52-77)83-62-74-27-11-17-39-88(74)114(89-40-18-12-33-81(83)89)102(126)108-59-56-105(65-93(108)96(119)120)99(123)111(84-35-13-7-23-68(84)3)79-32-20-28-73(61-79)80-34-21-41-90-82(80)53-48-72-26-10-16-38-87(72)113(90)101(125)107-58-55-104(64-92(107)95(117)118)98(122)110(75-29-5-4-6-30-75)78-31-19-22-67(2)60-78/h4-53,60-62,91-93H,54-59,63-65H2,1-3H3,(H,115,116)(H,117,118)(H,119,120)/t91-,92-,93-/m0/s1. The molecule has 3 saturated heterocycles. The third-order valence-corrected chi connectivity index (χ3v) is 24.1. The number of hydrogen-bond acceptors (Lipinski definition) is 9. The van der Waals surface area contributed by atoms with Gasteiger partial charge in [-0.2, -0.15) is 0 Å². The Bertz CT molecular complexity index is 6420. The molecule has 0 aliphatic carbocycles. The molecule has 3 fully saturated rings. The normalized spacial score (nSPS) is 16.2. The lowest BCUT2D eigenvalue weighted by molar-refractivity contribution is -0.144. The molecule has 126 heavy (non-hydrogen) atoms. The molecular weight excluding hydrogens is 1590 g/mol. The van der Waals surface area contributed by atoms with E-state index in [1.54, 1.807) is 75.4 Å². The molecule has 6 aliphatic rings. The molecule has 3 N–H and O–H groups in total. The molecule has 626 valence electrons. The second kappa shape index (κ2) is 34.1. The first-order valence-corrected chi connectivity index (χ1v) is 41.6. The minimum atomic E-state index is -1.56. The minimum Gasteiger partial charge on any atom is -0.480 e. The number of anilines is 12. The summed E-state index contributed by atoms with van der Waals surface area (Å²) >= 11 is 0. The number of carbonyl (C=O) groups is 9. The molecule has 0 spiro atoms. The van der Waals surface area contributed by atoms with Crippen molar-refractivity contribution in [3.8, 4) is 11.1 Å². The van der Waals surface area contributed by atoms with Crippen LogP contribution in [-0.4, -0.2) is 176 Å². The van der Waals surface area contributed by atoms with Crippen LogP contribution in [0.1, 0.15) is 55.6 Å². The lowest BCUT2D eigenvalue weighted by Crippen LogP contribution is -2.62. The fourth-order valence-corrected chi connectivity index (χ4v) is 17.8. The van der Waals surface area contributed by atoms with Crippen molar-refractivity contribution in [2.24, 2.45) is 0 Å². The van der Waals surface area contributed by atoms with E-state index in [0.717, 1.165) is 27.8 Å². The van der Waals surface area contributed by atoms with Crippen LogP contribution in [-0.2, 0) is 14.4 Å². The highest BCUT2D eigenvalue weighted by Crippen LogP contribution is 2.48. The SMILES string of the molecule is Cc1ccc(N(C(=O)N2CCN(C(=O)N3c4ccccc4C=Cc4ccccc43)[C@H](C(=O)O)C2)c2ccc(C3=Cc4ccccc4N(C(=O)N4CCN(C(=O)N(c5cccc(-c6cccc7c6C=Cc6ccccc6N7C(=O)N6CCN(C(=O)N(c7ccccc7)c7cccc(C)c7)C[C@H]6C(=O)O)c5)c5ccccc5C)C[C@H]4C(=O)O)c4ccccc43)cc2)cc1. The van der Waals surface area contributed by atoms with E-state index in [-0.39, 0.29) is 52.4 Å². The molecule has 12 aromatic rings. The number of rotatable bonds is 11. The second-order valence-electron chi connectivity index (χ2n) is 31.8. The van der Waals surface area contributed by atoms with Crippen LogP contribution < -0.4 is 29.4 Å². The van der Waals surface area contributed by atoms with Crippen LogP contribution in [0.2, 0.25) is 0 Å². The first-order chi connectivity index (χ1) is 61.2. The lowest BCUT2D eigenvalue weighted by atomic mass is 9.95. The molecule has 18 rings (SSSR count). The quantitative estimate of drug-likeness (QED) is 0.109. The molecule has 6 aliphatic heterocycles. The summed E-state index contributed by atoms with van der Waals surface area (Å²) in [6, 6.07) is 80.6. The maximum Gasteiger partial charge on any atom is 0.330 e. The predicted octanol–water partition coefficient (Wildman–Crippen LogP) is 20.0. The molecule has 6 heterocycles. The number of para-hydroxylation sites is 7. The molecule has 24 nitrogen and oxygen atoms in total. The number of carboxylic acid groups (broad SMARTS) is 3. The third-order valence-electron chi connectivity index (χ3n) is 24.1. The van der Waals surface area contributed by atoms with Gasteiger partial charge >= 0.3 is 54.1 Å². The number of carboxylic acids is 3. The van der Waals surface area contributed by atoms with Gasteiger partial charge in [-0.25, -0.2) is 43.2 Å². The second-order valence-corrected chi connectivity index (χ2v) is 31.8. The van der Waals surface area contributed by atoms with Crippen molar-refractivity contribution in [3.05, 3.63) is 347 Å². The van der Waals surface area contributed by atoms with E-state index in [2.05, 4.69) is 0 Å². The fourth-order valence-electron chi connectivity index (χ4n) is 17.8. The number of carbonyl (C=O) groups excluding carboxylic acids is 6. The summed E-state index contributed by atoms with van der Waals surface area (Å²) in [5.41, 5.74) is 15.4. The van der Waals surface area contributed by atoms with Gasteiger partial charge in [0.1, 0.15) is 18.1 Å². The third kappa shape index (κ3) is 15.2. The molecule has 0 aromatic heterocycles. The van der Waals surface area contributed by atoms with Crippen LogP contribution >= 0.6 is 0 Å². The monoisotopic (exact) mass is 1670 g/mol. The van der Waals surface area contributed by atoms with Gasteiger partial charge in [0, 0.05) is 50.4 Å². The Labute approximate surface area is 727 Å². The van der Waals surface area contributed by atoms with Crippen LogP contribution in [0.25, 0.3) is 47.1 Å². The molecule has 12 amide bonds. The Kier molecular flexibility index (Phi) is 21.9. The van der Waals surface area contributed by atoms with E-state index in [4.69, 9.17) is 0 Å². The number of aliphatic carboxylic acids is 3. The molecule has 0 saturated carbocycles. The smallest absolute Gasteiger partial charge is 0.330 e. The molecule has 0 unspecified atom stereocenters. The van der Waals surface area contributed by atoms with Gasteiger partial charge in [0.05, 0.1) is 87.9 Å². The zero-order valence-electron chi connectivity index (χ0n) is 69.1. The van der Waals surface area contributed by atoms with E-state index in [1.807, 2.05) is 282 Å². The van der Waals surface area contributed by atoms with Gasteiger partial charge in [0.2, 0.25) is 0 Å². The number of aryl methyl sites for hydroxylation is 3. The van der Waals surface area contributed by atoms with Crippen LogP contribution in [0.4, 0.5) is 97.0 Å². The number of benzene rings is 12. The number of amides is 12. The molecular formula is C102H86N12O12. The van der Waals surface area contributed by atoms with Crippen LogP contribution in [0.3, 0.4) is 0 Å². The summed E-state index contributed by atoms with van der Waals surface area (Å²) < 4.78 is 0. The predicted molar refractivity (Wildman–Crippen MR) is 490 cm³/mol. The number of nitrogens with zero attached hydrogens (tertiary/aromatic N) is 12. The van der Waals surface area contributed by atoms with E-state index >= 15 is 24.0 Å². The summed E-state index contributed by atoms with van der Waals surface area (Å²) in [4.78, 5) is 152. The van der Waals surface area contributed by atoms with Gasteiger partial charge in [-0.05, 0) is 186 Å². The van der Waals surface area contributed by atoms with E-state index in [0.29, 0.717) is 113 Å². The number of hydrogen-bond donors (Lipinski definition) is 3. The average Bonchev–Trinajstić information content (AvgIpc) is 1.51. The van der Waals surface area contributed by atoms with Gasteiger partial charge in [0.15, 0.2) is 0 Å². The first-order valence-electron chi connectivity index (χ1n) is 41.6. The topological polar surface area (TPSA) is 253 Å². The van der Waals surface area contributed by atoms with E-state index in [9.17, 15) is 34.5 Å². The van der Waals surface area contributed by atoms with Crippen molar-refractivity contribution in [2.75, 3.05) is 88.3 Å². The maximum atomic E-state index is 16.0. The van der Waals surface area contributed by atoms with Gasteiger partial charge < -0.3 is 44.7 Å². The highest BCUT2D eigenvalue weighted by atomic mass is 16.4. The highest BCUT2D eigenvalue weighted by Gasteiger charge is 2.47. The molecule has 0 bridgehead atoms. The zero-order valence-corrected chi connectivity index (χ0v) is 69.1. The summed E-state index contributed by atoms with van der Waals surface area (Å²) in [5.74, 6) is -3.91. The maximum absolute atomic E-state index is 16.0. The Hall–Kier alpha value is -16.1. The fraction of sp³-hybridized carbons (Fsp3) is 0.147. The van der Waals surface area contributed by atoms with Crippen molar-refractivity contribution in [3.63, 3.8) is 0 Å². The highest BCUT2D eigenvalue weighted by molar-refractivity contribution is 6.14. The van der Waals surface area contributed by atoms with Crippen molar-refractivity contribution in [2.45, 2.75) is 38.9 Å². The van der Waals surface area contributed by atoms with E-state index < -0.39 is 78.8 Å². The summed E-state index contributed by atoms with van der Waals surface area (Å²) in [6.07, 6.45) is 9.63. The van der Waals surface area contributed by atoms with Gasteiger partial charge in [0.25, 0.3) is 0 Å². The van der Waals surface area contributed by atoms with Crippen LogP contribution in [0, 0.1) is 20.8 Å². The van der Waals surface area contributed by atoms with Gasteiger partial charge in [-0.1, -0.05) is 218 Å². The molecule has 24 heteroatoms. The summed E-state index contributed by atoms with van der Waals surface area (Å²) in [7, 11) is 0. The van der Waals surface area contributed by atoms with E-state index in [1.165, 1.54) is 44.1 Å². The number of urea groups is 6. The molecule has 3 atom stereocenters. The largest absolute Gasteiger partial charge is 0.480 e. The first kappa shape index (κ1) is 80.9. The number of fused-ring (bicyclic) bond motifs is 6. The number of piperazine rings is 3.